The zero-order valence-electron chi connectivity index (χ0n) is 5.07. The fourth-order valence-electron chi connectivity index (χ4n) is 0.847. The average Bonchev–Trinajstić information content (AvgIpc) is 2.27. The number of rotatable bonds is 0. The van der Waals surface area contributed by atoms with Crippen LogP contribution in [-0.4, -0.2) is 21.0 Å². The summed E-state index contributed by atoms with van der Waals surface area (Å²) in [5.41, 5.74) is 1.08. The van der Waals surface area contributed by atoms with E-state index in [0.717, 1.165) is 5.52 Å². The summed E-state index contributed by atoms with van der Waals surface area (Å²) in [6, 6.07) is 6.09. The third-order valence-electron chi connectivity index (χ3n) is 1.26. The van der Waals surface area contributed by atoms with Crippen molar-refractivity contribution in [3.05, 3.63) is 24.4 Å². The molecular formula is C7H4NSSe. The monoisotopic (exact) mass is 214 g/mol. The van der Waals surface area contributed by atoms with E-state index in [1.807, 2.05) is 12.3 Å². The molecular weight excluding hydrogens is 209 g/mol. The molecule has 0 aliphatic carbocycles. The van der Waals surface area contributed by atoms with E-state index >= 15 is 0 Å². The summed E-state index contributed by atoms with van der Waals surface area (Å²) in [4.78, 5) is 4.19. The van der Waals surface area contributed by atoms with Crippen LogP contribution < -0.4 is 3.78 Å². The van der Waals surface area contributed by atoms with Crippen LogP contribution in [0.1, 0.15) is 0 Å². The molecule has 3 heteroatoms. The summed E-state index contributed by atoms with van der Waals surface area (Å²) in [6.45, 7) is 0. The molecule has 49 valence electrons. The number of nitrogens with zero attached hydrogens (tertiary/aromatic N) is 1. The fourth-order valence-corrected chi connectivity index (χ4v) is 2.40. The zero-order valence-corrected chi connectivity index (χ0v) is 7.60. The van der Waals surface area contributed by atoms with Crippen molar-refractivity contribution in [1.82, 2.24) is 4.98 Å². The van der Waals surface area contributed by atoms with Crippen LogP contribution in [0, 0.1) is 0 Å². The zero-order chi connectivity index (χ0) is 6.97. The summed E-state index contributed by atoms with van der Waals surface area (Å²) in [5.74, 6) is 0. The first-order valence-electron chi connectivity index (χ1n) is 2.88. The normalized spacial score (nSPS) is 10.4. The molecule has 2 rings (SSSR count). The SMILES string of the molecule is [Se]c1cc2ncccc2s1. The predicted octanol–water partition coefficient (Wildman–Crippen LogP) is 1.09. The van der Waals surface area contributed by atoms with Crippen molar-refractivity contribution in [3.8, 4) is 0 Å². The van der Waals surface area contributed by atoms with Crippen molar-refractivity contribution in [1.29, 1.82) is 0 Å². The Hall–Kier alpha value is -0.371. The molecule has 0 atom stereocenters. The van der Waals surface area contributed by atoms with E-state index in [1.54, 1.807) is 11.3 Å². The van der Waals surface area contributed by atoms with Crippen molar-refractivity contribution in [3.63, 3.8) is 0 Å². The summed E-state index contributed by atoms with van der Waals surface area (Å²) in [5, 5.41) is 0. The van der Waals surface area contributed by atoms with Gasteiger partial charge < -0.3 is 0 Å². The Balaban J connectivity index is 2.88. The Morgan fingerprint density at radius 1 is 1.50 bits per heavy atom. The van der Waals surface area contributed by atoms with E-state index in [1.165, 1.54) is 8.48 Å². The molecule has 0 amide bonds. The molecule has 0 spiro atoms. The van der Waals surface area contributed by atoms with Gasteiger partial charge in [0.2, 0.25) is 0 Å². The number of aromatic nitrogens is 1. The molecule has 0 N–H and O–H groups in total. The Kier molecular flexibility index (Phi) is 1.49. The van der Waals surface area contributed by atoms with Crippen LogP contribution in [0.5, 0.6) is 0 Å². The van der Waals surface area contributed by atoms with E-state index in [9.17, 15) is 0 Å². The first-order valence-corrected chi connectivity index (χ1v) is 4.55. The quantitative estimate of drug-likeness (QED) is 0.597. The number of hydrogen-bond donors (Lipinski definition) is 0. The molecule has 1 nitrogen and oxygen atoms in total. The average molecular weight is 213 g/mol. The van der Waals surface area contributed by atoms with E-state index in [-0.39, 0.29) is 0 Å². The van der Waals surface area contributed by atoms with Crippen molar-refractivity contribution in [2.24, 2.45) is 0 Å². The minimum atomic E-state index is 1.08. The third kappa shape index (κ3) is 0.966. The molecule has 1 radical (unpaired) electrons. The third-order valence-corrected chi connectivity index (χ3v) is 2.92. The van der Waals surface area contributed by atoms with Crippen LogP contribution >= 0.6 is 11.3 Å². The molecule has 0 fully saturated rings. The fraction of sp³-hybridized carbons (Fsp3) is 0. The van der Waals surface area contributed by atoms with Gasteiger partial charge in [0.25, 0.3) is 0 Å². The number of thiophene rings is 1. The van der Waals surface area contributed by atoms with Crippen LogP contribution in [0.4, 0.5) is 0 Å². The Labute approximate surface area is 70.9 Å². The molecule has 0 aromatic carbocycles. The van der Waals surface area contributed by atoms with Gasteiger partial charge in [0.15, 0.2) is 0 Å². The van der Waals surface area contributed by atoms with Gasteiger partial charge in [-0.1, -0.05) is 0 Å². The van der Waals surface area contributed by atoms with Gasteiger partial charge in [0.05, 0.1) is 0 Å². The Morgan fingerprint density at radius 3 is 3.20 bits per heavy atom. The van der Waals surface area contributed by atoms with Crippen LogP contribution in [0.3, 0.4) is 0 Å². The molecule has 0 aliphatic rings. The van der Waals surface area contributed by atoms with Crippen molar-refractivity contribution in [2.45, 2.75) is 0 Å². The number of fused-ring (bicyclic) bond motifs is 1. The summed E-state index contributed by atoms with van der Waals surface area (Å²) in [6.07, 6.45) is 1.81. The molecule has 2 aromatic rings. The first kappa shape index (κ1) is 6.35. The van der Waals surface area contributed by atoms with Gasteiger partial charge >= 0.3 is 70.7 Å². The van der Waals surface area contributed by atoms with Gasteiger partial charge in [-0.2, -0.15) is 0 Å². The second kappa shape index (κ2) is 2.35. The van der Waals surface area contributed by atoms with E-state index in [0.29, 0.717) is 0 Å². The minimum absolute atomic E-state index is 1.08. The van der Waals surface area contributed by atoms with E-state index in [2.05, 4.69) is 33.1 Å². The van der Waals surface area contributed by atoms with Crippen molar-refractivity contribution >= 4 is 41.3 Å². The van der Waals surface area contributed by atoms with Gasteiger partial charge in [-0.3, -0.25) is 0 Å². The van der Waals surface area contributed by atoms with Crippen LogP contribution in [0.15, 0.2) is 24.4 Å². The van der Waals surface area contributed by atoms with Gasteiger partial charge in [-0.05, 0) is 0 Å². The number of hydrogen-bond acceptors (Lipinski definition) is 2. The Morgan fingerprint density at radius 2 is 2.40 bits per heavy atom. The van der Waals surface area contributed by atoms with E-state index < -0.39 is 0 Å². The number of pyridine rings is 1. The molecule has 0 saturated heterocycles. The van der Waals surface area contributed by atoms with Crippen LogP contribution in [0.25, 0.3) is 10.2 Å². The van der Waals surface area contributed by atoms with Crippen LogP contribution in [-0.2, 0) is 0 Å². The first-order chi connectivity index (χ1) is 4.86. The second-order valence-corrected chi connectivity index (χ2v) is 4.54. The van der Waals surface area contributed by atoms with Crippen molar-refractivity contribution in [2.75, 3.05) is 0 Å². The molecule has 2 aromatic heterocycles. The van der Waals surface area contributed by atoms with Crippen molar-refractivity contribution < 1.29 is 0 Å². The molecule has 2 heterocycles. The summed E-state index contributed by atoms with van der Waals surface area (Å²) < 4.78 is 2.45. The topological polar surface area (TPSA) is 12.9 Å². The predicted molar refractivity (Wildman–Crippen MR) is 45.0 cm³/mol. The van der Waals surface area contributed by atoms with E-state index in [4.69, 9.17) is 0 Å². The maximum atomic E-state index is 4.19. The summed E-state index contributed by atoms with van der Waals surface area (Å²) in [7, 11) is 0. The van der Waals surface area contributed by atoms with Gasteiger partial charge in [0, 0.05) is 0 Å². The van der Waals surface area contributed by atoms with Gasteiger partial charge in [0.1, 0.15) is 0 Å². The van der Waals surface area contributed by atoms with Gasteiger partial charge in [-0.15, -0.1) is 0 Å². The van der Waals surface area contributed by atoms with Crippen LogP contribution in [0.2, 0.25) is 0 Å². The molecule has 0 unspecified atom stereocenters. The summed E-state index contributed by atoms with van der Waals surface area (Å²) >= 11 is 4.70. The van der Waals surface area contributed by atoms with Gasteiger partial charge in [-0.25, -0.2) is 0 Å². The molecule has 0 aliphatic heterocycles. The Bertz CT molecular complexity index is 322. The maximum absolute atomic E-state index is 4.19. The molecule has 0 saturated carbocycles. The second-order valence-electron chi connectivity index (χ2n) is 1.95. The molecule has 0 bridgehead atoms. The molecule has 10 heavy (non-hydrogen) atoms. The standard InChI is InChI=1S/C7H4NSSe/c10-7-4-5-6(9-7)2-1-3-8-5/h1-4H.